The maximum atomic E-state index is 13.3. The fourth-order valence-electron chi connectivity index (χ4n) is 3.99. The highest BCUT2D eigenvalue weighted by Crippen LogP contribution is 2.37. The molecule has 2 amide bonds. The topological polar surface area (TPSA) is 102 Å². The molecule has 0 aliphatic carbocycles. The Morgan fingerprint density at radius 1 is 1.03 bits per heavy atom. The minimum atomic E-state index is -0.995. The number of amides is 2. The van der Waals surface area contributed by atoms with Crippen LogP contribution in [-0.4, -0.2) is 63.3 Å². The number of likely N-dealkylation sites (tertiary alicyclic amines) is 1. The Kier molecular flexibility index (Phi) is 9.75. The summed E-state index contributed by atoms with van der Waals surface area (Å²) in [5.74, 6) is -1.49. The van der Waals surface area contributed by atoms with E-state index in [1.54, 1.807) is 41.5 Å². The molecule has 0 bridgehead atoms. The number of nitrogens with one attached hydrogen (secondary N) is 1. The van der Waals surface area contributed by atoms with Gasteiger partial charge in [-0.1, -0.05) is 29.8 Å². The molecule has 1 N–H and O–H groups in total. The summed E-state index contributed by atoms with van der Waals surface area (Å²) >= 11 is 3.23. The van der Waals surface area contributed by atoms with Crippen molar-refractivity contribution < 1.29 is 28.7 Å². The van der Waals surface area contributed by atoms with Crippen LogP contribution >= 0.6 is 15.9 Å². The summed E-state index contributed by atoms with van der Waals surface area (Å²) in [6.07, 6.45) is -0.0731. The standard InChI is InChI=1S/C23H39BrN2O6/c1-13(2)10-16(25-14(3)27)19-15(18(28)12-24)11-17(20(29)31-22(4,5)6)26(19)21(30)32-23(7,8)9/h13,15-17,19H,10-12H2,1-9H3,(H,25,27)/t15-,16-,17?,19+/m0/s1. The second kappa shape index (κ2) is 11.0. The highest BCUT2D eigenvalue weighted by molar-refractivity contribution is 9.09. The van der Waals surface area contributed by atoms with Crippen LogP contribution in [0.4, 0.5) is 4.79 Å². The lowest BCUT2D eigenvalue weighted by atomic mass is 9.86. The molecule has 0 aromatic carbocycles. The van der Waals surface area contributed by atoms with Crippen molar-refractivity contribution in [3.05, 3.63) is 0 Å². The zero-order valence-electron chi connectivity index (χ0n) is 20.8. The molecule has 8 nitrogen and oxygen atoms in total. The fourth-order valence-corrected chi connectivity index (χ4v) is 4.40. The minimum Gasteiger partial charge on any atom is -0.458 e. The van der Waals surface area contributed by atoms with Crippen LogP contribution < -0.4 is 5.32 Å². The summed E-state index contributed by atoms with van der Waals surface area (Å²) in [4.78, 5) is 52.7. The third-order valence-electron chi connectivity index (χ3n) is 4.90. The van der Waals surface area contributed by atoms with Crippen molar-refractivity contribution in [3.8, 4) is 0 Å². The smallest absolute Gasteiger partial charge is 0.411 e. The number of ketones is 1. The molecule has 0 aromatic rings. The molecular weight excluding hydrogens is 480 g/mol. The molecule has 1 fully saturated rings. The summed E-state index contributed by atoms with van der Waals surface area (Å²) in [6, 6.07) is -2.26. The van der Waals surface area contributed by atoms with Gasteiger partial charge in [0, 0.05) is 12.8 Å². The lowest BCUT2D eigenvalue weighted by Gasteiger charge is -2.38. The number of esters is 1. The number of rotatable bonds is 7. The Morgan fingerprint density at radius 3 is 1.97 bits per heavy atom. The monoisotopic (exact) mass is 518 g/mol. The van der Waals surface area contributed by atoms with Crippen LogP contribution in [0.1, 0.15) is 75.2 Å². The van der Waals surface area contributed by atoms with Gasteiger partial charge in [0.15, 0.2) is 0 Å². The predicted octanol–water partition coefficient (Wildman–Crippen LogP) is 3.84. The first-order valence-electron chi connectivity index (χ1n) is 11.1. The Morgan fingerprint density at radius 2 is 1.56 bits per heavy atom. The summed E-state index contributed by atoms with van der Waals surface area (Å²) in [7, 11) is 0. The first-order valence-corrected chi connectivity index (χ1v) is 12.2. The van der Waals surface area contributed by atoms with Crippen LogP contribution in [-0.2, 0) is 23.9 Å². The minimum absolute atomic E-state index is 0.0752. The lowest BCUT2D eigenvalue weighted by Crippen LogP contribution is -2.57. The van der Waals surface area contributed by atoms with E-state index in [0.29, 0.717) is 6.42 Å². The van der Waals surface area contributed by atoms with Crippen LogP contribution in [0.25, 0.3) is 0 Å². The predicted molar refractivity (Wildman–Crippen MR) is 125 cm³/mol. The second-order valence-electron chi connectivity index (χ2n) is 10.8. The van der Waals surface area contributed by atoms with Gasteiger partial charge in [-0.25, -0.2) is 9.59 Å². The Balaban J connectivity index is 3.57. The lowest BCUT2D eigenvalue weighted by molar-refractivity contribution is -0.160. The van der Waals surface area contributed by atoms with E-state index in [-0.39, 0.29) is 29.4 Å². The van der Waals surface area contributed by atoms with E-state index in [0.717, 1.165) is 0 Å². The van der Waals surface area contributed by atoms with Crippen molar-refractivity contribution in [2.24, 2.45) is 11.8 Å². The molecule has 1 saturated heterocycles. The van der Waals surface area contributed by atoms with Gasteiger partial charge >= 0.3 is 12.1 Å². The van der Waals surface area contributed by atoms with E-state index in [2.05, 4.69) is 21.2 Å². The number of carbonyl (C=O) groups is 4. The Bertz CT molecular complexity index is 710. The van der Waals surface area contributed by atoms with Gasteiger partial charge < -0.3 is 14.8 Å². The zero-order chi connectivity index (χ0) is 25.0. The number of Topliss-reactive ketones (excluding diaryl/α,β-unsaturated/α-hetero) is 1. The van der Waals surface area contributed by atoms with Crippen molar-refractivity contribution in [3.63, 3.8) is 0 Å². The number of hydrogen-bond donors (Lipinski definition) is 1. The molecule has 0 radical (unpaired) electrons. The van der Waals surface area contributed by atoms with Crippen molar-refractivity contribution in [1.82, 2.24) is 10.2 Å². The molecule has 1 rings (SSSR count). The van der Waals surface area contributed by atoms with Crippen LogP contribution in [0.15, 0.2) is 0 Å². The van der Waals surface area contributed by atoms with Crippen LogP contribution in [0.3, 0.4) is 0 Å². The number of carbonyl (C=O) groups excluding carboxylic acids is 4. The zero-order valence-corrected chi connectivity index (χ0v) is 22.4. The molecule has 0 spiro atoms. The van der Waals surface area contributed by atoms with Gasteiger partial charge in [-0.2, -0.15) is 0 Å². The molecule has 0 saturated carbocycles. The van der Waals surface area contributed by atoms with Gasteiger partial charge in [0.2, 0.25) is 5.91 Å². The maximum absolute atomic E-state index is 13.3. The largest absolute Gasteiger partial charge is 0.458 e. The van der Waals surface area contributed by atoms with E-state index in [9.17, 15) is 19.2 Å². The summed E-state index contributed by atoms with van der Waals surface area (Å²) < 4.78 is 11.2. The van der Waals surface area contributed by atoms with Crippen molar-refractivity contribution in [1.29, 1.82) is 0 Å². The van der Waals surface area contributed by atoms with Gasteiger partial charge in [-0.15, -0.1) is 0 Å². The summed E-state index contributed by atoms with van der Waals surface area (Å²) in [5, 5.41) is 2.98. The number of halogens is 1. The highest BCUT2D eigenvalue weighted by Gasteiger charge is 2.54. The summed E-state index contributed by atoms with van der Waals surface area (Å²) in [6.45, 7) is 15.8. The van der Waals surface area contributed by atoms with E-state index in [1.165, 1.54) is 11.8 Å². The second-order valence-corrected chi connectivity index (χ2v) is 11.4. The van der Waals surface area contributed by atoms with E-state index in [1.807, 2.05) is 13.8 Å². The van der Waals surface area contributed by atoms with Crippen molar-refractivity contribution >= 4 is 39.7 Å². The molecule has 184 valence electrons. The molecular formula is C23H39BrN2O6. The number of nitrogens with zero attached hydrogens (tertiary/aromatic N) is 1. The first-order chi connectivity index (χ1) is 14.5. The van der Waals surface area contributed by atoms with Gasteiger partial charge in [-0.3, -0.25) is 14.5 Å². The average Bonchev–Trinajstić information content (AvgIpc) is 2.97. The fraction of sp³-hybridized carbons (Fsp3) is 0.826. The Hall–Kier alpha value is -1.64. The SMILES string of the molecule is CC(=O)N[C@@H](CC(C)C)[C@H]1[C@H](C(=O)CBr)CC(C(=O)OC(C)(C)C)N1C(=O)OC(C)(C)C. The molecule has 1 aliphatic heterocycles. The third-order valence-corrected chi connectivity index (χ3v) is 5.45. The average molecular weight is 519 g/mol. The molecule has 9 heteroatoms. The van der Waals surface area contributed by atoms with Crippen LogP contribution in [0.5, 0.6) is 0 Å². The van der Waals surface area contributed by atoms with E-state index < -0.39 is 47.3 Å². The molecule has 32 heavy (non-hydrogen) atoms. The van der Waals surface area contributed by atoms with E-state index >= 15 is 0 Å². The van der Waals surface area contributed by atoms with Crippen molar-refractivity contribution in [2.45, 2.75) is 104 Å². The number of alkyl halides is 1. The van der Waals surface area contributed by atoms with Crippen molar-refractivity contribution in [2.75, 3.05) is 5.33 Å². The maximum Gasteiger partial charge on any atom is 0.411 e. The van der Waals surface area contributed by atoms with Gasteiger partial charge in [-0.05, 0) is 60.3 Å². The Labute approximate surface area is 200 Å². The first kappa shape index (κ1) is 28.4. The normalized spacial score (nSPS) is 22.5. The van der Waals surface area contributed by atoms with Crippen LogP contribution in [0, 0.1) is 11.8 Å². The molecule has 1 aliphatic rings. The molecule has 4 atom stereocenters. The van der Waals surface area contributed by atoms with E-state index in [4.69, 9.17) is 9.47 Å². The summed E-state index contributed by atoms with van der Waals surface area (Å²) in [5.41, 5.74) is -1.57. The van der Waals surface area contributed by atoms with Gasteiger partial charge in [0.25, 0.3) is 0 Å². The van der Waals surface area contributed by atoms with Gasteiger partial charge in [0.1, 0.15) is 23.0 Å². The quantitative estimate of drug-likeness (QED) is 0.405. The molecule has 0 aromatic heterocycles. The number of ether oxygens (including phenoxy) is 2. The van der Waals surface area contributed by atoms with Gasteiger partial charge in [0.05, 0.1) is 17.4 Å². The molecule has 1 heterocycles. The highest BCUT2D eigenvalue weighted by atomic mass is 79.9. The van der Waals surface area contributed by atoms with Crippen LogP contribution in [0.2, 0.25) is 0 Å². The third kappa shape index (κ3) is 8.37. The molecule has 1 unspecified atom stereocenters. The number of hydrogen-bond acceptors (Lipinski definition) is 6.